The minimum Gasteiger partial charge on any atom is -0.369 e. The van der Waals surface area contributed by atoms with Crippen LogP contribution in [0, 0.1) is 0 Å². The fourth-order valence-electron chi connectivity index (χ4n) is 4.71. The Morgan fingerprint density at radius 1 is 1.18 bits per heavy atom. The number of nitrogens with one attached hydrogen (secondary N) is 2. The molecule has 1 aliphatic rings. The Morgan fingerprint density at radius 2 is 1.91 bits per heavy atom. The third-order valence-corrected chi connectivity index (χ3v) is 8.24. The molecule has 3 aromatic rings. The molecule has 1 amide bonds. The van der Waals surface area contributed by atoms with E-state index in [-0.39, 0.29) is 30.5 Å². The van der Waals surface area contributed by atoms with Gasteiger partial charge in [-0.25, -0.2) is 18.2 Å². The Balaban J connectivity index is 1.56. The third kappa shape index (κ3) is 5.50. The molecule has 4 N–H and O–H groups in total. The van der Waals surface area contributed by atoms with Crippen LogP contribution in [0.4, 0.5) is 0 Å². The summed E-state index contributed by atoms with van der Waals surface area (Å²) in [6.07, 6.45) is 3.64. The number of primary amides is 1. The van der Waals surface area contributed by atoms with Crippen LogP contribution in [0.25, 0.3) is 22.0 Å². The first-order chi connectivity index (χ1) is 16.4. The van der Waals surface area contributed by atoms with Crippen LogP contribution in [0.3, 0.4) is 0 Å². The average molecular weight is 485 g/mol. The number of H-pyrrole nitrogens is 1. The Bertz CT molecular complexity index is 1230. The van der Waals surface area contributed by atoms with E-state index in [1.165, 1.54) is 0 Å². The van der Waals surface area contributed by atoms with Crippen molar-refractivity contribution >= 4 is 26.8 Å². The molecule has 1 aliphatic heterocycles. The summed E-state index contributed by atoms with van der Waals surface area (Å²) in [7, 11) is -3.33. The number of hydroxylamine groups is 1. The van der Waals surface area contributed by atoms with Gasteiger partial charge in [-0.05, 0) is 60.1 Å². The van der Waals surface area contributed by atoms with Crippen LogP contribution in [-0.2, 0) is 26.1 Å². The highest BCUT2D eigenvalue weighted by atomic mass is 32.2. The number of carbonyl (C=O) groups is 1. The summed E-state index contributed by atoms with van der Waals surface area (Å²) in [5, 5.41) is 1.07. The van der Waals surface area contributed by atoms with Crippen LogP contribution in [-0.4, -0.2) is 55.6 Å². The number of nitrogens with two attached hydrogens (primary N) is 1. The normalized spacial score (nSPS) is 15.7. The first kappa shape index (κ1) is 24.4. The van der Waals surface area contributed by atoms with Crippen LogP contribution in [0.2, 0.25) is 0 Å². The van der Waals surface area contributed by atoms with Gasteiger partial charge < -0.3 is 15.6 Å². The second kappa shape index (κ2) is 10.7. The Kier molecular flexibility index (Phi) is 7.67. The molecule has 1 saturated heterocycles. The lowest BCUT2D eigenvalue weighted by atomic mass is 9.88. The quantitative estimate of drug-likeness (QED) is 0.302. The first-order valence-electron chi connectivity index (χ1n) is 11.7. The molecule has 0 spiro atoms. The number of hydrogen-bond donors (Lipinski definition) is 3. The van der Waals surface area contributed by atoms with E-state index in [1.54, 1.807) is 4.31 Å². The summed E-state index contributed by atoms with van der Waals surface area (Å²) in [5.74, 6) is -0.129. The molecule has 4 rings (SSSR count). The SMILES string of the molecule is CCONCCS(=O)(=O)N1CCC(c2c[nH]c3c(CC(N)=O)cc(-c4ccccc4)cc23)CC1. The highest BCUT2D eigenvalue weighted by Crippen LogP contribution is 2.37. The number of carbonyl (C=O) groups excluding carboxylic acids is 1. The van der Waals surface area contributed by atoms with Crippen molar-refractivity contribution in [2.75, 3.05) is 32.0 Å². The number of nitrogens with zero attached hydrogens (tertiary/aromatic N) is 1. The van der Waals surface area contributed by atoms with Crippen molar-refractivity contribution in [1.29, 1.82) is 0 Å². The second-order valence-corrected chi connectivity index (χ2v) is 10.7. The number of benzene rings is 2. The number of aromatic nitrogens is 1. The zero-order chi connectivity index (χ0) is 24.1. The lowest BCUT2D eigenvalue weighted by Gasteiger charge is -2.31. The lowest BCUT2D eigenvalue weighted by Crippen LogP contribution is -2.41. The standard InChI is InChI=1S/C25H32N4O4S/c1-2-33-28-10-13-34(31,32)29-11-8-19(9-12-29)23-17-27-25-21(16-24(26)30)14-20(15-22(23)25)18-6-4-3-5-7-18/h3-7,14-15,17,19,27-28H,2,8-13,16H2,1H3,(H2,26,30). The van der Waals surface area contributed by atoms with Gasteiger partial charge in [-0.15, -0.1) is 0 Å². The summed E-state index contributed by atoms with van der Waals surface area (Å²) < 4.78 is 27.0. The number of piperidine rings is 1. The third-order valence-electron chi connectivity index (χ3n) is 6.37. The van der Waals surface area contributed by atoms with E-state index in [9.17, 15) is 13.2 Å². The van der Waals surface area contributed by atoms with Gasteiger partial charge in [0.25, 0.3) is 0 Å². The molecule has 2 heterocycles. The first-order valence-corrected chi connectivity index (χ1v) is 13.3. The van der Waals surface area contributed by atoms with Gasteiger partial charge in [0, 0.05) is 36.7 Å². The van der Waals surface area contributed by atoms with E-state index in [2.05, 4.69) is 16.5 Å². The maximum Gasteiger partial charge on any atom is 0.221 e. The number of aromatic amines is 1. The molecule has 182 valence electrons. The molecule has 34 heavy (non-hydrogen) atoms. The van der Waals surface area contributed by atoms with E-state index in [0.29, 0.717) is 19.7 Å². The van der Waals surface area contributed by atoms with Gasteiger partial charge in [-0.1, -0.05) is 30.3 Å². The van der Waals surface area contributed by atoms with Crippen LogP contribution >= 0.6 is 0 Å². The Labute approximate surface area is 200 Å². The van der Waals surface area contributed by atoms with E-state index in [4.69, 9.17) is 10.6 Å². The predicted octanol–water partition coefficient (Wildman–Crippen LogP) is 2.91. The molecule has 0 radical (unpaired) electrons. The number of amides is 1. The Morgan fingerprint density at radius 3 is 2.59 bits per heavy atom. The van der Waals surface area contributed by atoms with Gasteiger partial charge in [0.15, 0.2) is 0 Å². The van der Waals surface area contributed by atoms with E-state index >= 15 is 0 Å². The summed E-state index contributed by atoms with van der Waals surface area (Å²) >= 11 is 0. The monoisotopic (exact) mass is 484 g/mol. The van der Waals surface area contributed by atoms with E-state index < -0.39 is 10.0 Å². The highest BCUT2D eigenvalue weighted by molar-refractivity contribution is 7.89. The average Bonchev–Trinajstić information content (AvgIpc) is 3.26. The van der Waals surface area contributed by atoms with Gasteiger partial charge in [0.05, 0.1) is 18.8 Å². The largest absolute Gasteiger partial charge is 0.369 e. The summed E-state index contributed by atoms with van der Waals surface area (Å²) in [5.41, 5.74) is 13.3. The van der Waals surface area contributed by atoms with Gasteiger partial charge in [0.2, 0.25) is 15.9 Å². The fourth-order valence-corrected chi connectivity index (χ4v) is 6.08. The predicted molar refractivity (Wildman–Crippen MR) is 134 cm³/mol. The molecular formula is C25H32N4O4S. The van der Waals surface area contributed by atoms with E-state index in [1.807, 2.05) is 49.5 Å². The lowest BCUT2D eigenvalue weighted by molar-refractivity contribution is -0.117. The molecule has 2 aromatic carbocycles. The van der Waals surface area contributed by atoms with Crippen molar-refractivity contribution in [2.24, 2.45) is 5.73 Å². The van der Waals surface area contributed by atoms with Gasteiger partial charge in [-0.3, -0.25) is 4.79 Å². The topological polar surface area (TPSA) is 118 Å². The zero-order valence-electron chi connectivity index (χ0n) is 19.4. The maximum absolute atomic E-state index is 12.7. The van der Waals surface area contributed by atoms with Crippen LogP contribution in [0.1, 0.15) is 36.8 Å². The summed E-state index contributed by atoms with van der Waals surface area (Å²) in [4.78, 5) is 20.1. The molecule has 1 aromatic heterocycles. The van der Waals surface area contributed by atoms with Crippen LogP contribution in [0.5, 0.6) is 0 Å². The minimum absolute atomic E-state index is 0.0155. The molecule has 8 nitrogen and oxygen atoms in total. The van der Waals surface area contributed by atoms with Crippen LogP contribution in [0.15, 0.2) is 48.7 Å². The maximum atomic E-state index is 12.7. The Hall–Kier alpha value is -2.72. The van der Waals surface area contributed by atoms with E-state index in [0.717, 1.165) is 46.0 Å². The second-order valence-electron chi connectivity index (χ2n) is 8.63. The minimum atomic E-state index is -3.33. The molecule has 0 unspecified atom stereocenters. The molecule has 1 fully saturated rings. The van der Waals surface area contributed by atoms with Crippen molar-refractivity contribution in [1.82, 2.24) is 14.8 Å². The summed E-state index contributed by atoms with van der Waals surface area (Å²) in [6.45, 7) is 3.57. The number of hydrogen-bond acceptors (Lipinski definition) is 5. The summed E-state index contributed by atoms with van der Waals surface area (Å²) in [6, 6.07) is 14.2. The number of fused-ring (bicyclic) bond motifs is 1. The van der Waals surface area contributed by atoms with Gasteiger partial charge in [-0.2, -0.15) is 0 Å². The van der Waals surface area contributed by atoms with Crippen molar-refractivity contribution < 1.29 is 18.0 Å². The van der Waals surface area contributed by atoms with Gasteiger partial charge in [0.1, 0.15) is 0 Å². The van der Waals surface area contributed by atoms with Crippen molar-refractivity contribution in [3.05, 3.63) is 59.8 Å². The number of rotatable bonds is 10. The fraction of sp³-hybridized carbons (Fsp3) is 0.400. The number of sulfonamides is 1. The van der Waals surface area contributed by atoms with Crippen molar-refractivity contribution in [3.8, 4) is 11.1 Å². The van der Waals surface area contributed by atoms with Crippen LogP contribution < -0.4 is 11.2 Å². The highest BCUT2D eigenvalue weighted by Gasteiger charge is 2.29. The van der Waals surface area contributed by atoms with Crippen molar-refractivity contribution in [2.45, 2.75) is 32.1 Å². The molecule has 0 bridgehead atoms. The molecule has 0 atom stereocenters. The van der Waals surface area contributed by atoms with Gasteiger partial charge >= 0.3 is 0 Å². The molecule has 0 aliphatic carbocycles. The molecule has 0 saturated carbocycles. The van der Waals surface area contributed by atoms with Crippen molar-refractivity contribution in [3.63, 3.8) is 0 Å². The zero-order valence-corrected chi connectivity index (χ0v) is 20.2. The molecular weight excluding hydrogens is 452 g/mol. The smallest absolute Gasteiger partial charge is 0.221 e. The molecule has 9 heteroatoms.